The number of anilines is 1. The van der Waals surface area contributed by atoms with Crippen LogP contribution in [0.5, 0.6) is 0 Å². The highest BCUT2D eigenvalue weighted by molar-refractivity contribution is 7.15. The number of nitrogens with one attached hydrogen (secondary N) is 1. The van der Waals surface area contributed by atoms with E-state index in [0.717, 1.165) is 6.20 Å². The SMILES string of the molecule is CC.CC(C)(C)OC(=O)N1CCC(Nc2ncc(C(F)(F)F)s2)CC1. The third-order valence-corrected chi connectivity index (χ3v) is 4.23. The highest BCUT2D eigenvalue weighted by Gasteiger charge is 2.34. The fourth-order valence-corrected chi connectivity index (χ4v) is 2.94. The van der Waals surface area contributed by atoms with Gasteiger partial charge in [-0.15, -0.1) is 0 Å². The van der Waals surface area contributed by atoms with Gasteiger partial charge in [0.2, 0.25) is 0 Å². The van der Waals surface area contributed by atoms with Gasteiger partial charge in [-0.05, 0) is 33.6 Å². The number of ether oxygens (including phenoxy) is 1. The Morgan fingerprint density at radius 1 is 1.28 bits per heavy atom. The summed E-state index contributed by atoms with van der Waals surface area (Å²) in [4.78, 5) is 16.6. The van der Waals surface area contributed by atoms with Crippen LogP contribution >= 0.6 is 11.3 Å². The molecular weight excluding hydrogens is 355 g/mol. The lowest BCUT2D eigenvalue weighted by molar-refractivity contribution is -0.134. The summed E-state index contributed by atoms with van der Waals surface area (Å²) < 4.78 is 42.9. The van der Waals surface area contributed by atoms with E-state index < -0.39 is 16.7 Å². The minimum Gasteiger partial charge on any atom is -0.444 e. The molecule has 1 fully saturated rings. The first kappa shape index (κ1) is 21.5. The normalized spacial score (nSPS) is 16.1. The first-order chi connectivity index (χ1) is 11.5. The zero-order valence-electron chi connectivity index (χ0n) is 15.2. The molecule has 1 aromatic heterocycles. The quantitative estimate of drug-likeness (QED) is 0.783. The average molecular weight is 381 g/mol. The number of alkyl halides is 3. The smallest absolute Gasteiger partial charge is 0.427 e. The molecule has 0 atom stereocenters. The molecule has 5 nitrogen and oxygen atoms in total. The van der Waals surface area contributed by atoms with Crippen LogP contribution in [0.3, 0.4) is 0 Å². The minimum absolute atomic E-state index is 0.000852. The van der Waals surface area contributed by atoms with Gasteiger partial charge < -0.3 is 15.0 Å². The number of carbonyl (C=O) groups excluding carboxylic acids is 1. The summed E-state index contributed by atoms with van der Waals surface area (Å²) >= 11 is 0.596. The van der Waals surface area contributed by atoms with Gasteiger partial charge in [-0.3, -0.25) is 0 Å². The zero-order valence-corrected chi connectivity index (χ0v) is 16.1. The van der Waals surface area contributed by atoms with Gasteiger partial charge in [0.25, 0.3) is 0 Å². The van der Waals surface area contributed by atoms with E-state index in [4.69, 9.17) is 4.74 Å². The number of hydrogen-bond acceptors (Lipinski definition) is 5. The molecule has 25 heavy (non-hydrogen) atoms. The zero-order chi connectivity index (χ0) is 19.3. The molecule has 0 saturated carbocycles. The van der Waals surface area contributed by atoms with Crippen molar-refractivity contribution in [2.45, 2.75) is 65.3 Å². The van der Waals surface area contributed by atoms with E-state index in [1.807, 2.05) is 13.8 Å². The van der Waals surface area contributed by atoms with Crippen LogP contribution in [0.2, 0.25) is 0 Å². The monoisotopic (exact) mass is 381 g/mol. The third kappa shape index (κ3) is 7.09. The molecule has 1 aliphatic heterocycles. The lowest BCUT2D eigenvalue weighted by Gasteiger charge is -2.33. The summed E-state index contributed by atoms with van der Waals surface area (Å²) in [5.41, 5.74) is -0.541. The Kier molecular flexibility index (Phi) is 7.52. The van der Waals surface area contributed by atoms with Crippen molar-refractivity contribution in [2.75, 3.05) is 18.4 Å². The fraction of sp³-hybridized carbons (Fsp3) is 0.750. The Bertz CT molecular complexity index is 548. The number of thiazole rings is 1. The average Bonchev–Trinajstić information content (AvgIpc) is 2.97. The molecule has 1 aliphatic rings. The van der Waals surface area contributed by atoms with Crippen LogP contribution in [0, 0.1) is 0 Å². The summed E-state index contributed by atoms with van der Waals surface area (Å²) in [6, 6.07) is 0.000852. The van der Waals surface area contributed by atoms with Gasteiger partial charge >= 0.3 is 12.3 Å². The Morgan fingerprint density at radius 3 is 2.28 bits per heavy atom. The van der Waals surface area contributed by atoms with Crippen LogP contribution < -0.4 is 5.32 Å². The predicted molar refractivity (Wildman–Crippen MR) is 92.9 cm³/mol. The first-order valence-electron chi connectivity index (χ1n) is 8.32. The summed E-state index contributed by atoms with van der Waals surface area (Å²) in [6.07, 6.45) is -2.61. The molecule has 2 heterocycles. The van der Waals surface area contributed by atoms with Gasteiger partial charge in [-0.1, -0.05) is 25.2 Å². The maximum absolute atomic E-state index is 12.5. The number of piperidine rings is 1. The number of amides is 1. The minimum atomic E-state index is -4.36. The van der Waals surface area contributed by atoms with Gasteiger partial charge in [-0.2, -0.15) is 13.2 Å². The van der Waals surface area contributed by atoms with E-state index in [2.05, 4.69) is 10.3 Å². The lowest BCUT2D eigenvalue weighted by atomic mass is 10.1. The molecule has 1 amide bonds. The highest BCUT2D eigenvalue weighted by Crippen LogP contribution is 2.35. The third-order valence-electron chi connectivity index (χ3n) is 3.26. The van der Waals surface area contributed by atoms with Gasteiger partial charge in [0.15, 0.2) is 5.13 Å². The number of rotatable bonds is 2. The maximum Gasteiger partial charge on any atom is 0.427 e. The van der Waals surface area contributed by atoms with E-state index in [9.17, 15) is 18.0 Å². The molecule has 144 valence electrons. The van der Waals surface area contributed by atoms with Gasteiger partial charge in [-0.25, -0.2) is 9.78 Å². The molecule has 1 aromatic rings. The summed E-state index contributed by atoms with van der Waals surface area (Å²) in [6.45, 7) is 10.4. The number of carbonyl (C=O) groups is 1. The van der Waals surface area contributed by atoms with Crippen LogP contribution in [0.25, 0.3) is 0 Å². The van der Waals surface area contributed by atoms with Crippen molar-refractivity contribution >= 4 is 22.6 Å². The fourth-order valence-electron chi connectivity index (χ4n) is 2.18. The van der Waals surface area contributed by atoms with Crippen molar-refractivity contribution in [1.82, 2.24) is 9.88 Å². The van der Waals surface area contributed by atoms with Crippen molar-refractivity contribution in [3.8, 4) is 0 Å². The topological polar surface area (TPSA) is 54.5 Å². The Balaban J connectivity index is 0.00000151. The Hall–Kier alpha value is -1.51. The van der Waals surface area contributed by atoms with E-state index in [1.165, 1.54) is 0 Å². The molecule has 0 spiro atoms. The van der Waals surface area contributed by atoms with Crippen LogP contribution in [-0.4, -0.2) is 40.7 Å². The predicted octanol–water partition coefficient (Wildman–Crippen LogP) is 5.00. The van der Waals surface area contributed by atoms with Crippen molar-refractivity contribution in [3.63, 3.8) is 0 Å². The first-order valence-corrected chi connectivity index (χ1v) is 9.14. The van der Waals surface area contributed by atoms with Gasteiger partial charge in [0, 0.05) is 19.1 Å². The van der Waals surface area contributed by atoms with Crippen LogP contribution in [-0.2, 0) is 10.9 Å². The Labute approximate surface area is 150 Å². The van der Waals surface area contributed by atoms with E-state index >= 15 is 0 Å². The van der Waals surface area contributed by atoms with Crippen molar-refractivity contribution < 1.29 is 22.7 Å². The van der Waals surface area contributed by atoms with Crippen LogP contribution in [0.15, 0.2) is 6.20 Å². The molecule has 0 unspecified atom stereocenters. The van der Waals surface area contributed by atoms with Crippen molar-refractivity contribution in [1.29, 1.82) is 0 Å². The second kappa shape index (κ2) is 8.73. The second-order valence-electron chi connectivity index (χ2n) is 6.41. The molecule has 0 aliphatic carbocycles. The summed E-state index contributed by atoms with van der Waals surface area (Å²) in [5.74, 6) is 0. The second-order valence-corrected chi connectivity index (χ2v) is 7.44. The summed E-state index contributed by atoms with van der Waals surface area (Å²) in [7, 11) is 0. The molecule has 9 heteroatoms. The number of nitrogens with zero attached hydrogens (tertiary/aromatic N) is 2. The molecular formula is C16H26F3N3O2S. The highest BCUT2D eigenvalue weighted by atomic mass is 32.1. The van der Waals surface area contributed by atoms with E-state index in [-0.39, 0.29) is 17.3 Å². The largest absolute Gasteiger partial charge is 0.444 e. The molecule has 0 bridgehead atoms. The van der Waals surface area contributed by atoms with E-state index in [1.54, 1.807) is 25.7 Å². The van der Waals surface area contributed by atoms with E-state index in [0.29, 0.717) is 37.3 Å². The molecule has 1 N–H and O–H groups in total. The maximum atomic E-state index is 12.5. The van der Waals surface area contributed by atoms with Crippen LogP contribution in [0.4, 0.5) is 23.1 Å². The Morgan fingerprint density at radius 2 is 1.84 bits per heavy atom. The molecule has 2 rings (SSSR count). The molecule has 0 aromatic carbocycles. The van der Waals surface area contributed by atoms with Crippen molar-refractivity contribution in [3.05, 3.63) is 11.1 Å². The number of aromatic nitrogens is 1. The standard InChI is InChI=1S/C14H20F3N3O2S.C2H6/c1-13(2,3)22-12(21)20-6-4-9(5-7-20)19-11-18-8-10(23-11)14(15,16)17;1-2/h8-9H,4-7H2,1-3H3,(H,18,19);1-2H3. The number of likely N-dealkylation sites (tertiary alicyclic amines) is 1. The molecule has 1 saturated heterocycles. The number of hydrogen-bond donors (Lipinski definition) is 1. The van der Waals surface area contributed by atoms with Gasteiger partial charge in [0.1, 0.15) is 10.5 Å². The van der Waals surface area contributed by atoms with Crippen molar-refractivity contribution in [2.24, 2.45) is 0 Å². The summed E-state index contributed by atoms with van der Waals surface area (Å²) in [5, 5.41) is 3.27. The van der Waals surface area contributed by atoms with Crippen LogP contribution in [0.1, 0.15) is 52.3 Å². The lowest BCUT2D eigenvalue weighted by Crippen LogP contribution is -2.44. The van der Waals surface area contributed by atoms with Gasteiger partial charge in [0.05, 0.1) is 6.20 Å². The number of halogens is 3. The molecule has 0 radical (unpaired) electrons.